The summed E-state index contributed by atoms with van der Waals surface area (Å²) in [5.41, 5.74) is -0.669. The third kappa shape index (κ3) is 2.25. The predicted octanol–water partition coefficient (Wildman–Crippen LogP) is 1.73. The summed E-state index contributed by atoms with van der Waals surface area (Å²) in [5.74, 6) is -2.38. The average Bonchev–Trinajstić information content (AvgIpc) is 3.10. The van der Waals surface area contributed by atoms with Gasteiger partial charge in [0.1, 0.15) is 11.6 Å². The topological polar surface area (TPSA) is 85.3 Å². The minimum Gasteiger partial charge on any atom is -0.480 e. The molecule has 7 heteroatoms. The number of carbonyl (C=O) groups excluding carboxylic acids is 1. The molecule has 1 saturated heterocycles. The van der Waals surface area contributed by atoms with E-state index in [1.54, 1.807) is 35.0 Å². The van der Waals surface area contributed by atoms with E-state index in [0.29, 0.717) is 6.54 Å². The van der Waals surface area contributed by atoms with E-state index in [0.717, 1.165) is 0 Å². The monoisotopic (exact) mass is 339 g/mol. The van der Waals surface area contributed by atoms with Gasteiger partial charge >= 0.3 is 12.1 Å². The highest BCUT2D eigenvalue weighted by atomic mass is 16.7. The molecular weight excluding hydrogens is 314 g/mol. The number of nitrogens with zero attached hydrogens (tertiary/aromatic N) is 1. The van der Waals surface area contributed by atoms with Gasteiger partial charge in [-0.3, -0.25) is 4.90 Å². The molecule has 24 heavy (non-hydrogen) atoms. The Morgan fingerprint density at radius 1 is 1.17 bits per heavy atom. The molecule has 0 unspecified atom stereocenters. The highest BCUT2D eigenvalue weighted by Crippen LogP contribution is 2.60. The van der Waals surface area contributed by atoms with Crippen LogP contribution < -0.4 is 0 Å². The van der Waals surface area contributed by atoms with Crippen molar-refractivity contribution in [3.63, 3.8) is 0 Å². The Morgan fingerprint density at radius 3 is 2.25 bits per heavy atom. The van der Waals surface area contributed by atoms with E-state index in [4.69, 9.17) is 14.2 Å². The Morgan fingerprint density at radius 2 is 1.75 bits per heavy atom. The lowest BCUT2D eigenvalue weighted by Gasteiger charge is -2.36. The molecule has 3 rings (SSSR count). The minimum absolute atomic E-state index is 0.0199. The first-order valence-electron chi connectivity index (χ1n) is 8.17. The van der Waals surface area contributed by atoms with Gasteiger partial charge < -0.3 is 19.3 Å². The summed E-state index contributed by atoms with van der Waals surface area (Å²) in [6.07, 6.45) is 3.41. The van der Waals surface area contributed by atoms with E-state index < -0.39 is 29.5 Å². The molecule has 2 fully saturated rings. The van der Waals surface area contributed by atoms with Gasteiger partial charge in [0.05, 0.1) is 0 Å². The Bertz CT molecular complexity index is 576. The second kappa shape index (κ2) is 5.46. The van der Waals surface area contributed by atoms with Gasteiger partial charge in [-0.15, -0.1) is 0 Å². The van der Waals surface area contributed by atoms with Crippen molar-refractivity contribution in [1.29, 1.82) is 0 Å². The van der Waals surface area contributed by atoms with E-state index in [1.807, 2.05) is 12.2 Å². The van der Waals surface area contributed by atoms with Crippen LogP contribution in [0.25, 0.3) is 0 Å². The Labute approximate surface area is 141 Å². The smallest absolute Gasteiger partial charge is 0.411 e. The summed E-state index contributed by atoms with van der Waals surface area (Å²) in [6.45, 7) is 5.63. The van der Waals surface area contributed by atoms with Gasteiger partial charge in [-0.1, -0.05) is 12.2 Å². The van der Waals surface area contributed by atoms with Crippen LogP contribution in [-0.4, -0.2) is 60.3 Å². The number of carboxylic acid groups (broad SMARTS) is 1. The van der Waals surface area contributed by atoms with Crippen LogP contribution in [0.5, 0.6) is 0 Å². The molecule has 7 nitrogen and oxygen atoms in total. The summed E-state index contributed by atoms with van der Waals surface area (Å²) in [5, 5.41) is 9.77. The zero-order valence-corrected chi connectivity index (χ0v) is 14.7. The van der Waals surface area contributed by atoms with Crippen molar-refractivity contribution in [3.05, 3.63) is 12.2 Å². The van der Waals surface area contributed by atoms with Crippen LogP contribution in [0.4, 0.5) is 4.79 Å². The molecule has 0 aromatic rings. The molecule has 1 amide bonds. The van der Waals surface area contributed by atoms with E-state index in [-0.39, 0.29) is 23.7 Å². The number of likely N-dealkylation sites (tertiary alicyclic amines) is 1. The quantitative estimate of drug-likeness (QED) is 0.622. The van der Waals surface area contributed by atoms with Gasteiger partial charge in [0.15, 0.2) is 5.79 Å². The number of fused-ring (bicyclic) bond motifs is 5. The molecule has 2 aliphatic carbocycles. The van der Waals surface area contributed by atoms with Crippen LogP contribution in [0, 0.1) is 23.7 Å². The number of methoxy groups -OCH3 is 2. The van der Waals surface area contributed by atoms with Gasteiger partial charge in [0.25, 0.3) is 0 Å². The van der Waals surface area contributed by atoms with Crippen LogP contribution >= 0.6 is 0 Å². The number of rotatable bonds is 3. The summed E-state index contributed by atoms with van der Waals surface area (Å²) in [4.78, 5) is 25.8. The summed E-state index contributed by atoms with van der Waals surface area (Å²) >= 11 is 0. The van der Waals surface area contributed by atoms with Crippen LogP contribution in [-0.2, 0) is 19.0 Å². The average molecular weight is 339 g/mol. The number of carboxylic acids is 1. The van der Waals surface area contributed by atoms with Gasteiger partial charge in [-0.2, -0.15) is 0 Å². The summed E-state index contributed by atoms with van der Waals surface area (Å²) in [7, 11) is 3.16. The minimum atomic E-state index is -1.02. The Kier molecular flexibility index (Phi) is 3.92. The standard InChI is InChI=1S/C17H25NO6/c1-16(2,3)24-15(21)18-8-9-10-6-7-11(17(10,22-4)23-5)12(9)13(18)14(19)20/h6-7,9-13H,8H2,1-5H3,(H,19,20)/t9-,10+,11-,12-,13+/m1/s1. The normalized spacial score (nSPS) is 36.0. The number of hydrogen-bond acceptors (Lipinski definition) is 5. The lowest BCUT2D eigenvalue weighted by atomic mass is 9.82. The molecule has 0 spiro atoms. The maximum absolute atomic E-state index is 12.5. The Balaban J connectivity index is 1.91. The number of carbonyl (C=O) groups is 2. The number of amides is 1. The zero-order chi connectivity index (χ0) is 17.9. The van der Waals surface area contributed by atoms with Crippen molar-refractivity contribution in [2.24, 2.45) is 23.7 Å². The van der Waals surface area contributed by atoms with Crippen molar-refractivity contribution in [2.75, 3.05) is 20.8 Å². The molecule has 2 bridgehead atoms. The molecule has 0 aromatic heterocycles. The molecule has 1 saturated carbocycles. The first-order chi connectivity index (χ1) is 11.2. The third-order valence-corrected chi connectivity index (χ3v) is 5.45. The van der Waals surface area contributed by atoms with Crippen molar-refractivity contribution in [2.45, 2.75) is 38.2 Å². The van der Waals surface area contributed by atoms with E-state index in [1.165, 1.54) is 4.90 Å². The molecule has 1 aliphatic heterocycles. The van der Waals surface area contributed by atoms with Crippen LogP contribution in [0.1, 0.15) is 20.8 Å². The first kappa shape index (κ1) is 17.2. The van der Waals surface area contributed by atoms with Gasteiger partial charge in [-0.25, -0.2) is 9.59 Å². The van der Waals surface area contributed by atoms with Crippen LogP contribution in [0.15, 0.2) is 12.2 Å². The SMILES string of the molecule is COC1(OC)[C@@H]2C=C[C@H]1[C@H]1CN(C(=O)OC(C)(C)C)[C@H](C(=O)O)[C@H]12. The number of aliphatic carboxylic acids is 1. The molecule has 0 aromatic carbocycles. The predicted molar refractivity (Wildman–Crippen MR) is 84.2 cm³/mol. The molecule has 1 N–H and O–H groups in total. The first-order valence-corrected chi connectivity index (χ1v) is 8.17. The van der Waals surface area contributed by atoms with E-state index in [2.05, 4.69) is 0 Å². The van der Waals surface area contributed by atoms with E-state index >= 15 is 0 Å². The van der Waals surface area contributed by atoms with Gasteiger partial charge in [0.2, 0.25) is 0 Å². The fourth-order valence-corrected chi connectivity index (χ4v) is 4.72. The second-order valence-corrected chi connectivity index (χ2v) is 7.72. The molecule has 1 heterocycles. The van der Waals surface area contributed by atoms with Crippen molar-refractivity contribution >= 4 is 12.1 Å². The fourth-order valence-electron chi connectivity index (χ4n) is 4.72. The molecular formula is C17H25NO6. The second-order valence-electron chi connectivity index (χ2n) is 7.72. The van der Waals surface area contributed by atoms with Crippen molar-refractivity contribution < 1.29 is 28.9 Å². The van der Waals surface area contributed by atoms with Gasteiger partial charge in [-0.05, 0) is 26.7 Å². The third-order valence-electron chi connectivity index (χ3n) is 5.45. The fraction of sp³-hybridized carbons (Fsp3) is 0.765. The summed E-state index contributed by atoms with van der Waals surface area (Å²) in [6, 6.07) is -0.936. The zero-order valence-electron chi connectivity index (χ0n) is 14.7. The molecule has 134 valence electrons. The lowest BCUT2D eigenvalue weighted by molar-refractivity contribution is -0.236. The highest BCUT2D eigenvalue weighted by Gasteiger charge is 2.69. The lowest BCUT2D eigenvalue weighted by Crippen LogP contribution is -2.50. The summed E-state index contributed by atoms with van der Waals surface area (Å²) < 4.78 is 16.7. The van der Waals surface area contributed by atoms with Crippen molar-refractivity contribution in [3.8, 4) is 0 Å². The maximum atomic E-state index is 12.5. The molecule has 3 aliphatic rings. The Hall–Kier alpha value is -1.60. The van der Waals surface area contributed by atoms with Crippen molar-refractivity contribution in [1.82, 2.24) is 4.90 Å². The number of ether oxygens (including phenoxy) is 3. The molecule has 5 atom stereocenters. The van der Waals surface area contributed by atoms with E-state index in [9.17, 15) is 14.7 Å². The number of hydrogen-bond donors (Lipinski definition) is 1. The highest BCUT2D eigenvalue weighted by molar-refractivity contribution is 5.82. The van der Waals surface area contributed by atoms with Crippen LogP contribution in [0.3, 0.4) is 0 Å². The maximum Gasteiger partial charge on any atom is 0.411 e. The largest absolute Gasteiger partial charge is 0.480 e. The van der Waals surface area contributed by atoms with Crippen LogP contribution in [0.2, 0.25) is 0 Å². The molecule has 0 radical (unpaired) electrons. The van der Waals surface area contributed by atoms with Gasteiger partial charge in [0, 0.05) is 38.5 Å².